The summed E-state index contributed by atoms with van der Waals surface area (Å²) in [4.78, 5) is 11.6. The molecule has 1 fully saturated rings. The Bertz CT molecular complexity index is 593. The first-order valence-corrected chi connectivity index (χ1v) is 7.05. The van der Waals surface area contributed by atoms with Gasteiger partial charge >= 0.3 is 0 Å². The Labute approximate surface area is 119 Å². The maximum atomic E-state index is 5.43. The quantitative estimate of drug-likeness (QED) is 0.923. The van der Waals surface area contributed by atoms with Crippen LogP contribution in [0.3, 0.4) is 0 Å². The molecule has 3 rings (SSSR count). The largest absolute Gasteiger partial charge is 0.478 e. The van der Waals surface area contributed by atoms with E-state index in [1.807, 2.05) is 31.3 Å². The molecule has 1 aromatic heterocycles. The highest BCUT2D eigenvalue weighted by molar-refractivity contribution is 5.77. The van der Waals surface area contributed by atoms with Crippen LogP contribution >= 0.6 is 0 Å². The summed E-state index contributed by atoms with van der Waals surface area (Å²) in [5, 5.41) is 3.34. The predicted molar refractivity (Wildman–Crippen MR) is 80.4 cm³/mol. The Kier molecular flexibility index (Phi) is 3.69. The lowest BCUT2D eigenvalue weighted by Crippen LogP contribution is -2.41. The second-order valence-corrected chi connectivity index (χ2v) is 5.10. The van der Waals surface area contributed by atoms with Gasteiger partial charge in [-0.05, 0) is 32.0 Å². The standard InChI is InChI=1S/C15H20N4O/c1-16-11-7-9-19(10-8-11)14-15(20-2)18-13-6-4-3-5-12(13)17-14/h3-6,11,16H,7-10H2,1-2H3. The van der Waals surface area contributed by atoms with Gasteiger partial charge in [-0.3, -0.25) is 0 Å². The van der Waals surface area contributed by atoms with E-state index in [0.717, 1.165) is 42.8 Å². The van der Waals surface area contributed by atoms with Crippen molar-refractivity contribution in [2.24, 2.45) is 0 Å². The third kappa shape index (κ3) is 2.41. The molecule has 5 heteroatoms. The lowest BCUT2D eigenvalue weighted by atomic mass is 10.1. The minimum atomic E-state index is 0.602. The van der Waals surface area contributed by atoms with Gasteiger partial charge in [0.05, 0.1) is 18.1 Å². The summed E-state index contributed by atoms with van der Waals surface area (Å²) in [7, 11) is 3.68. The van der Waals surface area contributed by atoms with Gasteiger partial charge in [-0.15, -0.1) is 0 Å². The van der Waals surface area contributed by atoms with E-state index in [1.54, 1.807) is 7.11 Å². The van der Waals surface area contributed by atoms with E-state index in [0.29, 0.717) is 11.9 Å². The van der Waals surface area contributed by atoms with Gasteiger partial charge in [0.15, 0.2) is 5.82 Å². The fourth-order valence-electron chi connectivity index (χ4n) is 2.70. The summed E-state index contributed by atoms with van der Waals surface area (Å²) in [5.41, 5.74) is 1.79. The normalized spacial score (nSPS) is 16.6. The molecular formula is C15H20N4O. The molecular weight excluding hydrogens is 252 g/mol. The number of piperidine rings is 1. The average molecular weight is 272 g/mol. The van der Waals surface area contributed by atoms with Crippen molar-refractivity contribution >= 4 is 16.9 Å². The van der Waals surface area contributed by atoms with Crippen LogP contribution in [0.15, 0.2) is 24.3 Å². The van der Waals surface area contributed by atoms with E-state index < -0.39 is 0 Å². The van der Waals surface area contributed by atoms with Crippen molar-refractivity contribution < 1.29 is 4.74 Å². The van der Waals surface area contributed by atoms with Crippen LogP contribution in [-0.2, 0) is 0 Å². The van der Waals surface area contributed by atoms with E-state index in [4.69, 9.17) is 9.72 Å². The third-order valence-electron chi connectivity index (χ3n) is 3.92. The SMILES string of the molecule is CNC1CCN(c2nc3ccccc3nc2OC)CC1. The maximum Gasteiger partial charge on any atom is 0.257 e. The summed E-state index contributed by atoms with van der Waals surface area (Å²) in [6.07, 6.45) is 2.24. The van der Waals surface area contributed by atoms with Gasteiger partial charge in [-0.2, -0.15) is 0 Å². The van der Waals surface area contributed by atoms with Gasteiger partial charge in [0.2, 0.25) is 0 Å². The predicted octanol–water partition coefficient (Wildman–Crippen LogP) is 1.83. The highest BCUT2D eigenvalue weighted by atomic mass is 16.5. The Morgan fingerprint density at radius 3 is 2.40 bits per heavy atom. The molecule has 0 bridgehead atoms. The number of fused-ring (bicyclic) bond motifs is 1. The summed E-state index contributed by atoms with van der Waals surface area (Å²) in [6.45, 7) is 1.96. The van der Waals surface area contributed by atoms with Crippen molar-refractivity contribution in [2.75, 3.05) is 32.1 Å². The van der Waals surface area contributed by atoms with Crippen LogP contribution in [-0.4, -0.2) is 43.3 Å². The van der Waals surface area contributed by atoms with Gasteiger partial charge in [0.25, 0.3) is 5.88 Å². The number of benzene rings is 1. The molecule has 0 atom stereocenters. The molecule has 0 amide bonds. The fourth-order valence-corrected chi connectivity index (χ4v) is 2.70. The van der Waals surface area contributed by atoms with Gasteiger partial charge in [-0.25, -0.2) is 9.97 Å². The lowest BCUT2D eigenvalue weighted by molar-refractivity contribution is 0.390. The van der Waals surface area contributed by atoms with E-state index in [2.05, 4.69) is 15.2 Å². The van der Waals surface area contributed by atoms with Crippen LogP contribution in [0.2, 0.25) is 0 Å². The number of ether oxygens (including phenoxy) is 1. The van der Waals surface area contributed by atoms with Crippen LogP contribution in [0.25, 0.3) is 11.0 Å². The summed E-state index contributed by atoms with van der Waals surface area (Å²) in [5.74, 6) is 1.48. The van der Waals surface area contributed by atoms with Crippen molar-refractivity contribution in [2.45, 2.75) is 18.9 Å². The molecule has 0 saturated carbocycles. The first-order valence-electron chi connectivity index (χ1n) is 7.05. The monoisotopic (exact) mass is 272 g/mol. The van der Waals surface area contributed by atoms with Crippen LogP contribution in [0, 0.1) is 0 Å². The van der Waals surface area contributed by atoms with Crippen LogP contribution in [0.1, 0.15) is 12.8 Å². The van der Waals surface area contributed by atoms with Gasteiger partial charge in [-0.1, -0.05) is 12.1 Å². The van der Waals surface area contributed by atoms with E-state index in [-0.39, 0.29) is 0 Å². The maximum absolute atomic E-state index is 5.43. The molecule has 0 spiro atoms. The molecule has 1 aromatic carbocycles. The topological polar surface area (TPSA) is 50.3 Å². The average Bonchev–Trinajstić information content (AvgIpc) is 2.53. The highest BCUT2D eigenvalue weighted by Gasteiger charge is 2.22. The Balaban J connectivity index is 1.94. The Hall–Kier alpha value is -1.88. The molecule has 1 aliphatic rings. The molecule has 0 unspecified atom stereocenters. The number of para-hydroxylation sites is 2. The third-order valence-corrected chi connectivity index (χ3v) is 3.92. The van der Waals surface area contributed by atoms with Crippen molar-refractivity contribution in [3.8, 4) is 5.88 Å². The number of hydrogen-bond acceptors (Lipinski definition) is 5. The molecule has 1 aliphatic heterocycles. The number of aromatic nitrogens is 2. The fraction of sp³-hybridized carbons (Fsp3) is 0.467. The van der Waals surface area contributed by atoms with Crippen LogP contribution in [0.4, 0.5) is 5.82 Å². The number of rotatable bonds is 3. The van der Waals surface area contributed by atoms with Crippen LogP contribution in [0.5, 0.6) is 5.88 Å². The number of anilines is 1. The molecule has 20 heavy (non-hydrogen) atoms. The number of nitrogens with zero attached hydrogens (tertiary/aromatic N) is 3. The minimum Gasteiger partial charge on any atom is -0.478 e. The second kappa shape index (κ2) is 5.63. The molecule has 0 aliphatic carbocycles. The highest BCUT2D eigenvalue weighted by Crippen LogP contribution is 2.28. The molecule has 2 aromatic rings. The molecule has 1 N–H and O–H groups in total. The summed E-state index contributed by atoms with van der Waals surface area (Å²) in [6, 6.07) is 8.51. The van der Waals surface area contributed by atoms with Crippen molar-refractivity contribution in [3.63, 3.8) is 0 Å². The molecule has 0 radical (unpaired) electrons. The van der Waals surface area contributed by atoms with E-state index >= 15 is 0 Å². The zero-order valence-electron chi connectivity index (χ0n) is 12.0. The van der Waals surface area contributed by atoms with Crippen molar-refractivity contribution in [1.29, 1.82) is 0 Å². The molecule has 2 heterocycles. The first kappa shape index (κ1) is 13.1. The summed E-state index contributed by atoms with van der Waals surface area (Å²) >= 11 is 0. The molecule has 106 valence electrons. The van der Waals surface area contributed by atoms with Crippen molar-refractivity contribution in [3.05, 3.63) is 24.3 Å². The lowest BCUT2D eigenvalue weighted by Gasteiger charge is -2.33. The van der Waals surface area contributed by atoms with Crippen molar-refractivity contribution in [1.82, 2.24) is 15.3 Å². The first-order chi connectivity index (χ1) is 9.81. The molecule has 5 nitrogen and oxygen atoms in total. The Morgan fingerprint density at radius 1 is 1.15 bits per heavy atom. The summed E-state index contributed by atoms with van der Waals surface area (Å²) < 4.78 is 5.43. The smallest absolute Gasteiger partial charge is 0.257 e. The van der Waals surface area contributed by atoms with Crippen LogP contribution < -0.4 is 15.0 Å². The van der Waals surface area contributed by atoms with E-state index in [9.17, 15) is 0 Å². The number of hydrogen-bond donors (Lipinski definition) is 1. The zero-order valence-corrected chi connectivity index (χ0v) is 12.0. The Morgan fingerprint density at radius 2 is 1.80 bits per heavy atom. The second-order valence-electron chi connectivity index (χ2n) is 5.10. The number of nitrogens with one attached hydrogen (secondary N) is 1. The number of methoxy groups -OCH3 is 1. The minimum absolute atomic E-state index is 0.602. The molecule has 1 saturated heterocycles. The zero-order chi connectivity index (χ0) is 13.9. The van der Waals surface area contributed by atoms with E-state index in [1.165, 1.54) is 0 Å². The van der Waals surface area contributed by atoms with Gasteiger partial charge < -0.3 is 15.0 Å². The van der Waals surface area contributed by atoms with Gasteiger partial charge in [0.1, 0.15) is 0 Å². The van der Waals surface area contributed by atoms with Gasteiger partial charge in [0, 0.05) is 19.1 Å².